The van der Waals surface area contributed by atoms with Crippen molar-refractivity contribution < 1.29 is 17.8 Å². The predicted octanol–water partition coefficient (Wildman–Crippen LogP) is 0.824. The predicted molar refractivity (Wildman–Crippen MR) is 54.6 cm³/mol. The largest absolute Gasteiger partial charge is 0.366 e. The smallest absolute Gasteiger partial charge is 0.304 e. The second-order valence-corrected chi connectivity index (χ2v) is 5.27. The molecule has 0 radical (unpaired) electrons. The lowest BCUT2D eigenvalue weighted by Crippen LogP contribution is -2.13. The normalized spacial score (nSPS) is 10.7. The SMILES string of the molecule is Cc1cc(C(N)=O)c(S(=O)(=O)O)s1.Cl. The van der Waals surface area contributed by atoms with Crippen LogP contribution in [0.25, 0.3) is 0 Å². The van der Waals surface area contributed by atoms with Gasteiger partial charge in [-0.1, -0.05) is 0 Å². The van der Waals surface area contributed by atoms with Gasteiger partial charge >= 0.3 is 10.1 Å². The first kappa shape index (κ1) is 13.4. The van der Waals surface area contributed by atoms with Gasteiger partial charge in [0, 0.05) is 4.88 Å². The van der Waals surface area contributed by atoms with Crippen molar-refractivity contribution >= 4 is 39.8 Å². The number of rotatable bonds is 2. The van der Waals surface area contributed by atoms with Gasteiger partial charge in [-0.05, 0) is 13.0 Å². The van der Waals surface area contributed by atoms with Crippen LogP contribution in [-0.2, 0) is 10.1 Å². The number of hydrogen-bond donors (Lipinski definition) is 2. The summed E-state index contributed by atoms with van der Waals surface area (Å²) in [5, 5.41) is 0. The van der Waals surface area contributed by atoms with Crippen LogP contribution in [0.2, 0.25) is 0 Å². The summed E-state index contributed by atoms with van der Waals surface area (Å²) in [5.74, 6) is -0.864. The Labute approximate surface area is 91.1 Å². The van der Waals surface area contributed by atoms with Gasteiger partial charge in [0.15, 0.2) is 4.21 Å². The summed E-state index contributed by atoms with van der Waals surface area (Å²) in [6.45, 7) is 1.62. The highest BCUT2D eigenvalue weighted by molar-refractivity contribution is 7.88. The van der Waals surface area contributed by atoms with Gasteiger partial charge in [0.05, 0.1) is 5.56 Å². The van der Waals surface area contributed by atoms with Crippen LogP contribution in [0.1, 0.15) is 15.2 Å². The van der Waals surface area contributed by atoms with Gasteiger partial charge in [0.1, 0.15) is 0 Å². The van der Waals surface area contributed by atoms with E-state index in [1.165, 1.54) is 6.07 Å². The third-order valence-corrected chi connectivity index (χ3v) is 3.74. The van der Waals surface area contributed by atoms with Crippen LogP contribution in [0.4, 0.5) is 0 Å². The standard InChI is InChI=1S/C6H7NO4S2.ClH/c1-3-2-4(5(7)8)6(12-3)13(9,10)11;/h2H,1H3,(H2,7,8)(H,9,10,11);1H. The van der Waals surface area contributed by atoms with Crippen LogP contribution in [0.5, 0.6) is 0 Å². The fourth-order valence-corrected chi connectivity index (χ4v) is 2.85. The highest BCUT2D eigenvalue weighted by Crippen LogP contribution is 2.25. The maximum absolute atomic E-state index is 10.7. The molecule has 1 aromatic heterocycles. The van der Waals surface area contributed by atoms with Crippen molar-refractivity contribution in [1.29, 1.82) is 0 Å². The van der Waals surface area contributed by atoms with Crippen molar-refractivity contribution in [3.63, 3.8) is 0 Å². The zero-order valence-electron chi connectivity index (χ0n) is 7.05. The third-order valence-electron chi connectivity index (χ3n) is 1.32. The quantitative estimate of drug-likeness (QED) is 0.767. The van der Waals surface area contributed by atoms with Gasteiger partial charge in [0.2, 0.25) is 0 Å². The van der Waals surface area contributed by atoms with Gasteiger partial charge < -0.3 is 5.73 Å². The third kappa shape index (κ3) is 2.68. The molecule has 0 aliphatic heterocycles. The Hall–Kier alpha value is -0.630. The molecule has 5 nitrogen and oxygen atoms in total. The van der Waals surface area contributed by atoms with Crippen LogP contribution < -0.4 is 5.73 Å². The molecule has 0 fully saturated rings. The van der Waals surface area contributed by atoms with E-state index in [0.717, 1.165) is 11.3 Å². The van der Waals surface area contributed by atoms with Crippen LogP contribution >= 0.6 is 23.7 Å². The fraction of sp³-hybridized carbons (Fsp3) is 0.167. The van der Waals surface area contributed by atoms with Gasteiger partial charge in [-0.25, -0.2) is 0 Å². The molecule has 1 amide bonds. The van der Waals surface area contributed by atoms with E-state index in [2.05, 4.69) is 0 Å². The number of carbonyl (C=O) groups is 1. The van der Waals surface area contributed by atoms with E-state index in [9.17, 15) is 13.2 Å². The molecule has 80 valence electrons. The maximum Gasteiger partial charge on any atom is 0.304 e. The first-order chi connectivity index (χ1) is 5.82. The van der Waals surface area contributed by atoms with Crippen molar-refractivity contribution in [3.8, 4) is 0 Å². The average Bonchev–Trinajstić information content (AvgIpc) is 2.29. The summed E-state index contributed by atoms with van der Waals surface area (Å²) in [7, 11) is -4.34. The molecule has 1 aromatic rings. The summed E-state index contributed by atoms with van der Waals surface area (Å²) in [4.78, 5) is 11.3. The van der Waals surface area contributed by atoms with Crippen LogP contribution in [-0.4, -0.2) is 18.9 Å². The molecule has 8 heteroatoms. The monoisotopic (exact) mass is 257 g/mol. The minimum Gasteiger partial charge on any atom is -0.366 e. The molecule has 1 heterocycles. The Morgan fingerprint density at radius 3 is 2.36 bits per heavy atom. The Balaban J connectivity index is 0.00000169. The van der Waals surface area contributed by atoms with Gasteiger partial charge in [-0.2, -0.15) is 8.42 Å². The molecule has 0 saturated carbocycles. The van der Waals surface area contributed by atoms with Crippen molar-refractivity contribution in [2.75, 3.05) is 0 Å². The van der Waals surface area contributed by atoms with E-state index < -0.39 is 20.2 Å². The lowest BCUT2D eigenvalue weighted by molar-refractivity contribution is 0.0997. The number of amides is 1. The lowest BCUT2D eigenvalue weighted by Gasteiger charge is -1.93. The highest BCUT2D eigenvalue weighted by Gasteiger charge is 2.21. The highest BCUT2D eigenvalue weighted by atomic mass is 35.5. The number of aryl methyl sites for hydroxylation is 1. The van der Waals surface area contributed by atoms with E-state index in [0.29, 0.717) is 4.88 Å². The minimum atomic E-state index is -4.34. The molecule has 0 atom stereocenters. The summed E-state index contributed by atoms with van der Waals surface area (Å²) in [6.07, 6.45) is 0. The summed E-state index contributed by atoms with van der Waals surface area (Å²) in [5.41, 5.74) is 4.75. The molecular formula is C6H8ClNO4S2. The van der Waals surface area contributed by atoms with E-state index in [1.54, 1.807) is 6.92 Å². The van der Waals surface area contributed by atoms with Crippen molar-refractivity contribution in [2.45, 2.75) is 11.1 Å². The molecule has 0 saturated heterocycles. The molecule has 14 heavy (non-hydrogen) atoms. The molecule has 3 N–H and O–H groups in total. The maximum atomic E-state index is 10.7. The Kier molecular flexibility index (Phi) is 4.07. The fourth-order valence-electron chi connectivity index (χ4n) is 0.856. The first-order valence-corrected chi connectivity index (χ1v) is 5.45. The Morgan fingerprint density at radius 2 is 2.07 bits per heavy atom. The number of halogens is 1. The molecule has 0 aliphatic carbocycles. The number of nitrogens with two attached hydrogens (primary N) is 1. The number of carbonyl (C=O) groups excluding carboxylic acids is 1. The summed E-state index contributed by atoms with van der Waals surface area (Å²) < 4.78 is 29.8. The summed E-state index contributed by atoms with van der Waals surface area (Å²) in [6, 6.07) is 1.33. The average molecular weight is 258 g/mol. The second kappa shape index (κ2) is 4.26. The molecule has 0 spiro atoms. The second-order valence-electron chi connectivity index (χ2n) is 2.40. The van der Waals surface area contributed by atoms with Crippen molar-refractivity contribution in [2.24, 2.45) is 5.73 Å². The lowest BCUT2D eigenvalue weighted by atomic mass is 10.3. The van der Waals surface area contributed by atoms with Gasteiger partial charge in [-0.15, -0.1) is 23.7 Å². The first-order valence-electron chi connectivity index (χ1n) is 3.20. The van der Waals surface area contributed by atoms with Crippen molar-refractivity contribution in [1.82, 2.24) is 0 Å². The van der Waals surface area contributed by atoms with Crippen molar-refractivity contribution in [3.05, 3.63) is 16.5 Å². The van der Waals surface area contributed by atoms with Crippen LogP contribution in [0.3, 0.4) is 0 Å². The van der Waals surface area contributed by atoms with Gasteiger partial charge in [-0.3, -0.25) is 9.35 Å². The van der Waals surface area contributed by atoms with E-state index in [4.69, 9.17) is 10.3 Å². The zero-order valence-corrected chi connectivity index (χ0v) is 9.50. The molecule has 0 unspecified atom stereocenters. The van der Waals surface area contributed by atoms with Crippen LogP contribution in [0.15, 0.2) is 10.3 Å². The van der Waals surface area contributed by atoms with E-state index >= 15 is 0 Å². The number of primary amides is 1. The van der Waals surface area contributed by atoms with Gasteiger partial charge in [0.25, 0.3) is 5.91 Å². The van der Waals surface area contributed by atoms with E-state index in [-0.39, 0.29) is 18.0 Å². The Morgan fingerprint density at radius 1 is 1.57 bits per heavy atom. The molecule has 0 aliphatic rings. The minimum absolute atomic E-state index is 0. The summed E-state index contributed by atoms with van der Waals surface area (Å²) >= 11 is 0.811. The zero-order chi connectivity index (χ0) is 10.2. The molecule has 0 bridgehead atoms. The van der Waals surface area contributed by atoms with Crippen LogP contribution in [0, 0.1) is 6.92 Å². The molecule has 0 aromatic carbocycles. The topological polar surface area (TPSA) is 97.5 Å². The Bertz CT molecular complexity index is 450. The molecule has 1 rings (SSSR count). The number of hydrogen-bond acceptors (Lipinski definition) is 4. The van der Waals surface area contributed by atoms with E-state index in [1.807, 2.05) is 0 Å². The molecular weight excluding hydrogens is 250 g/mol. The number of thiophene rings is 1.